The monoisotopic (exact) mass is 192 g/mol. The third-order valence-electron chi connectivity index (χ3n) is 0.901. The number of hydrogen-bond acceptors (Lipinski definition) is 1. The Hall–Kier alpha value is -0.371. The van der Waals surface area contributed by atoms with Gasteiger partial charge in [0.2, 0.25) is 0 Å². The molecule has 0 aromatic heterocycles. The summed E-state index contributed by atoms with van der Waals surface area (Å²) < 4.78 is 21.5. The summed E-state index contributed by atoms with van der Waals surface area (Å²) in [5.74, 6) is -0.288. The number of halogens is 1. The Labute approximate surface area is 59.0 Å². The summed E-state index contributed by atoms with van der Waals surface area (Å²) in [6, 6.07) is 5.97. The molecule has 0 radical (unpaired) electrons. The Morgan fingerprint density at radius 2 is 2.22 bits per heavy atom. The number of benzene rings is 1. The molecular formula is C6H5FOSe. The van der Waals surface area contributed by atoms with Crippen LogP contribution in [-0.4, -0.2) is 19.5 Å². The molecular weight excluding hydrogens is 186 g/mol. The third-order valence-corrected chi connectivity index (χ3v) is 1.88. The second-order valence-electron chi connectivity index (χ2n) is 1.55. The Kier molecular flexibility index (Phi) is 2.22. The molecule has 0 atom stereocenters. The van der Waals surface area contributed by atoms with E-state index >= 15 is 0 Å². The molecule has 0 bridgehead atoms. The predicted molar refractivity (Wildman–Crippen MR) is 34.0 cm³/mol. The normalized spacial score (nSPS) is 9.56. The van der Waals surface area contributed by atoms with Gasteiger partial charge in [0.05, 0.1) is 0 Å². The average molecular weight is 191 g/mol. The van der Waals surface area contributed by atoms with Gasteiger partial charge >= 0.3 is 58.4 Å². The molecule has 9 heavy (non-hydrogen) atoms. The topological polar surface area (TPSA) is 20.2 Å². The molecule has 0 heterocycles. The van der Waals surface area contributed by atoms with Crippen LogP contribution in [-0.2, 0) is 0 Å². The van der Waals surface area contributed by atoms with Gasteiger partial charge in [-0.15, -0.1) is 0 Å². The molecule has 0 aliphatic heterocycles. The van der Waals surface area contributed by atoms with Crippen molar-refractivity contribution in [3.05, 3.63) is 30.1 Å². The molecule has 1 N–H and O–H groups in total. The van der Waals surface area contributed by atoms with E-state index in [1.165, 1.54) is 12.1 Å². The maximum absolute atomic E-state index is 12.3. The molecule has 0 aliphatic carbocycles. The van der Waals surface area contributed by atoms with E-state index in [1.807, 2.05) is 0 Å². The van der Waals surface area contributed by atoms with Gasteiger partial charge in [-0.25, -0.2) is 0 Å². The van der Waals surface area contributed by atoms with Gasteiger partial charge in [-0.05, 0) is 0 Å². The molecule has 1 aromatic carbocycles. The summed E-state index contributed by atoms with van der Waals surface area (Å²) in [5.41, 5.74) is 0. The van der Waals surface area contributed by atoms with Gasteiger partial charge in [0, 0.05) is 0 Å². The average Bonchev–Trinajstić information content (AvgIpc) is 1.88. The molecule has 1 aromatic rings. The van der Waals surface area contributed by atoms with Gasteiger partial charge in [-0.3, -0.25) is 0 Å². The minimum absolute atomic E-state index is 0.288. The summed E-state index contributed by atoms with van der Waals surface area (Å²) >= 11 is -0.581. The molecule has 0 unspecified atom stereocenters. The molecule has 0 amide bonds. The van der Waals surface area contributed by atoms with Crippen LogP contribution in [0.15, 0.2) is 24.3 Å². The van der Waals surface area contributed by atoms with Crippen LogP contribution >= 0.6 is 0 Å². The van der Waals surface area contributed by atoms with Gasteiger partial charge in [-0.1, -0.05) is 0 Å². The van der Waals surface area contributed by atoms with Crippen molar-refractivity contribution < 1.29 is 8.58 Å². The zero-order valence-electron chi connectivity index (χ0n) is 4.54. The summed E-state index contributed by atoms with van der Waals surface area (Å²) in [4.78, 5) is 0. The van der Waals surface area contributed by atoms with Gasteiger partial charge in [0.15, 0.2) is 0 Å². The molecule has 0 aliphatic rings. The van der Waals surface area contributed by atoms with Crippen LogP contribution in [0.5, 0.6) is 0 Å². The number of rotatable bonds is 1. The van der Waals surface area contributed by atoms with Crippen molar-refractivity contribution >= 4 is 19.7 Å². The van der Waals surface area contributed by atoms with Crippen LogP contribution in [0, 0.1) is 5.82 Å². The minimum atomic E-state index is -0.581. The van der Waals surface area contributed by atoms with Crippen molar-refractivity contribution in [3.8, 4) is 0 Å². The Morgan fingerprint density at radius 3 is 2.67 bits per heavy atom. The molecule has 1 nitrogen and oxygen atoms in total. The molecule has 0 saturated heterocycles. The van der Waals surface area contributed by atoms with Gasteiger partial charge < -0.3 is 0 Å². The van der Waals surface area contributed by atoms with E-state index in [1.54, 1.807) is 12.1 Å². The van der Waals surface area contributed by atoms with Crippen LogP contribution in [0.3, 0.4) is 0 Å². The van der Waals surface area contributed by atoms with Crippen molar-refractivity contribution in [2.24, 2.45) is 0 Å². The van der Waals surface area contributed by atoms with Crippen molar-refractivity contribution in [3.63, 3.8) is 0 Å². The third kappa shape index (κ3) is 1.79. The second-order valence-corrected chi connectivity index (χ2v) is 2.92. The van der Waals surface area contributed by atoms with E-state index in [0.717, 1.165) is 0 Å². The standard InChI is InChI=1S/C6H5FOSe/c7-5-2-1-3-6(4-5)9-8/h1-4,8H. The van der Waals surface area contributed by atoms with E-state index in [0.29, 0.717) is 4.46 Å². The van der Waals surface area contributed by atoms with E-state index in [2.05, 4.69) is 0 Å². The predicted octanol–water partition coefficient (Wildman–Crippen LogP) is 0.0625. The van der Waals surface area contributed by atoms with E-state index in [9.17, 15) is 4.39 Å². The van der Waals surface area contributed by atoms with Crippen molar-refractivity contribution in [2.75, 3.05) is 0 Å². The van der Waals surface area contributed by atoms with Crippen molar-refractivity contribution in [1.82, 2.24) is 0 Å². The maximum atomic E-state index is 12.3. The number of hydrogen-bond donors (Lipinski definition) is 1. The van der Waals surface area contributed by atoms with E-state index < -0.39 is 15.3 Å². The zero-order valence-corrected chi connectivity index (χ0v) is 6.26. The Balaban J connectivity index is 2.94. The summed E-state index contributed by atoms with van der Waals surface area (Å²) in [6.07, 6.45) is 0. The molecule has 0 spiro atoms. The van der Waals surface area contributed by atoms with Crippen LogP contribution in [0.1, 0.15) is 0 Å². The van der Waals surface area contributed by atoms with Crippen LogP contribution in [0.2, 0.25) is 0 Å². The van der Waals surface area contributed by atoms with Crippen LogP contribution < -0.4 is 4.46 Å². The molecule has 0 saturated carbocycles. The second kappa shape index (κ2) is 2.97. The fourth-order valence-electron chi connectivity index (χ4n) is 0.524. The summed E-state index contributed by atoms with van der Waals surface area (Å²) in [7, 11) is 0. The van der Waals surface area contributed by atoms with Gasteiger partial charge in [0.1, 0.15) is 0 Å². The Bertz CT molecular complexity index is 202. The van der Waals surface area contributed by atoms with Crippen LogP contribution in [0.4, 0.5) is 4.39 Å². The summed E-state index contributed by atoms with van der Waals surface area (Å²) in [6.45, 7) is 0. The van der Waals surface area contributed by atoms with Gasteiger partial charge in [-0.2, -0.15) is 0 Å². The van der Waals surface area contributed by atoms with Crippen molar-refractivity contribution in [2.45, 2.75) is 0 Å². The molecule has 48 valence electrons. The first kappa shape index (κ1) is 6.75. The van der Waals surface area contributed by atoms with E-state index in [4.69, 9.17) is 4.19 Å². The Morgan fingerprint density at radius 1 is 1.44 bits per heavy atom. The van der Waals surface area contributed by atoms with Gasteiger partial charge in [0.25, 0.3) is 0 Å². The molecule has 3 heteroatoms. The first-order chi connectivity index (χ1) is 4.33. The zero-order chi connectivity index (χ0) is 6.69. The van der Waals surface area contributed by atoms with Crippen LogP contribution in [0.25, 0.3) is 0 Å². The quantitative estimate of drug-likeness (QED) is 0.622. The molecule has 0 fully saturated rings. The van der Waals surface area contributed by atoms with E-state index in [-0.39, 0.29) is 5.82 Å². The SMILES string of the molecule is O[Se]c1cccc(F)c1. The first-order valence-corrected chi connectivity index (χ1v) is 4.02. The fourth-order valence-corrected chi connectivity index (χ4v) is 1.16. The van der Waals surface area contributed by atoms with Crippen molar-refractivity contribution in [1.29, 1.82) is 0 Å². The summed E-state index contributed by atoms with van der Waals surface area (Å²) in [5, 5.41) is 0. The molecule has 1 rings (SSSR count). The fraction of sp³-hybridized carbons (Fsp3) is 0. The first-order valence-electron chi connectivity index (χ1n) is 2.40.